The molecular weight excluding hydrogens is 406 g/mol. The molecule has 1 aliphatic carbocycles. The topological polar surface area (TPSA) is 77.8 Å². The maximum Gasteiger partial charge on any atom is 0.291 e. The lowest BCUT2D eigenvalue weighted by atomic mass is 9.76. The third-order valence-electron chi connectivity index (χ3n) is 5.62. The highest BCUT2D eigenvalue weighted by Crippen LogP contribution is 2.39. The number of amides is 1. The highest BCUT2D eigenvalue weighted by molar-refractivity contribution is 6.31. The molecule has 0 unspecified atom stereocenters. The van der Waals surface area contributed by atoms with Gasteiger partial charge in [0.15, 0.2) is 11.5 Å². The van der Waals surface area contributed by atoms with E-state index < -0.39 is 5.91 Å². The van der Waals surface area contributed by atoms with E-state index in [4.69, 9.17) is 25.5 Å². The number of benzene rings is 1. The molecule has 1 aliphatic heterocycles. The highest BCUT2D eigenvalue weighted by atomic mass is 35.5. The van der Waals surface area contributed by atoms with E-state index in [2.05, 4.69) is 5.32 Å². The van der Waals surface area contributed by atoms with Crippen LogP contribution in [-0.2, 0) is 11.2 Å². The molecule has 4 rings (SSSR count). The van der Waals surface area contributed by atoms with Crippen LogP contribution in [-0.4, -0.2) is 31.0 Å². The largest absolute Gasteiger partial charge is 0.489 e. The number of furan rings is 1. The second-order valence-corrected chi connectivity index (χ2v) is 9.27. The van der Waals surface area contributed by atoms with Crippen molar-refractivity contribution in [2.24, 2.45) is 5.41 Å². The Morgan fingerprint density at radius 2 is 2.13 bits per heavy atom. The molecule has 1 saturated heterocycles. The molecule has 1 aromatic heterocycles. The number of rotatable bonds is 5. The number of carbonyl (C=O) groups excluding carboxylic acids is 2. The van der Waals surface area contributed by atoms with Crippen LogP contribution in [0.4, 0.5) is 5.69 Å². The number of Topliss-reactive ketones (excluding diaryl/α,β-unsaturated/α-hetero) is 1. The van der Waals surface area contributed by atoms with Crippen LogP contribution in [0, 0.1) is 12.3 Å². The van der Waals surface area contributed by atoms with Crippen molar-refractivity contribution < 1.29 is 23.5 Å². The number of ether oxygens (including phenoxy) is 2. The second kappa shape index (κ2) is 8.08. The minimum atomic E-state index is -0.434. The van der Waals surface area contributed by atoms with Crippen molar-refractivity contribution in [1.82, 2.24) is 0 Å². The lowest BCUT2D eigenvalue weighted by Crippen LogP contribution is -2.26. The molecule has 2 aliphatic rings. The first-order chi connectivity index (χ1) is 14.2. The van der Waals surface area contributed by atoms with Gasteiger partial charge in [0.2, 0.25) is 0 Å². The number of fused-ring (bicyclic) bond motifs is 1. The fraction of sp³-hybridized carbons (Fsp3) is 0.478. The zero-order valence-corrected chi connectivity index (χ0v) is 18.2. The SMILES string of the molecule is Cc1c(C(=O)Nc2cc(Cl)ccc2OC[C@H]2CCCO2)oc2c1C(=O)CC(C)(C)C2. The average molecular weight is 432 g/mol. The summed E-state index contributed by atoms with van der Waals surface area (Å²) in [5.41, 5.74) is 1.39. The minimum absolute atomic E-state index is 0.0184. The Hall–Kier alpha value is -2.31. The van der Waals surface area contributed by atoms with Crippen molar-refractivity contribution in [1.29, 1.82) is 0 Å². The molecule has 7 heteroatoms. The van der Waals surface area contributed by atoms with Crippen LogP contribution in [0.25, 0.3) is 0 Å². The predicted molar refractivity (Wildman–Crippen MR) is 114 cm³/mol. The second-order valence-electron chi connectivity index (χ2n) is 8.84. The Bertz CT molecular complexity index is 988. The molecule has 0 bridgehead atoms. The van der Waals surface area contributed by atoms with Gasteiger partial charge >= 0.3 is 0 Å². The summed E-state index contributed by atoms with van der Waals surface area (Å²) in [7, 11) is 0. The summed E-state index contributed by atoms with van der Waals surface area (Å²) in [6.07, 6.45) is 3.09. The average Bonchev–Trinajstić information content (AvgIpc) is 3.28. The van der Waals surface area contributed by atoms with Gasteiger partial charge in [0.05, 0.1) is 17.4 Å². The number of anilines is 1. The van der Waals surface area contributed by atoms with Crippen molar-refractivity contribution >= 4 is 29.0 Å². The predicted octanol–water partition coefficient (Wildman–Crippen LogP) is 5.21. The molecule has 1 N–H and O–H groups in total. The summed E-state index contributed by atoms with van der Waals surface area (Å²) in [5, 5.41) is 3.31. The van der Waals surface area contributed by atoms with Crippen molar-refractivity contribution in [3.8, 4) is 5.75 Å². The van der Waals surface area contributed by atoms with E-state index in [0.717, 1.165) is 19.4 Å². The Kier molecular flexibility index (Phi) is 5.64. The molecule has 1 amide bonds. The first-order valence-electron chi connectivity index (χ1n) is 10.2. The Morgan fingerprint density at radius 3 is 2.87 bits per heavy atom. The van der Waals surface area contributed by atoms with E-state index in [1.54, 1.807) is 25.1 Å². The van der Waals surface area contributed by atoms with E-state index in [9.17, 15) is 9.59 Å². The summed E-state index contributed by atoms with van der Waals surface area (Å²) in [6.45, 7) is 6.95. The molecule has 1 aromatic carbocycles. The van der Waals surface area contributed by atoms with Crippen molar-refractivity contribution in [3.05, 3.63) is 45.9 Å². The molecule has 6 nitrogen and oxygen atoms in total. The summed E-state index contributed by atoms with van der Waals surface area (Å²) in [4.78, 5) is 25.6. The summed E-state index contributed by atoms with van der Waals surface area (Å²) in [6, 6.07) is 5.06. The molecule has 2 heterocycles. The van der Waals surface area contributed by atoms with Gasteiger partial charge in [0.1, 0.15) is 18.1 Å². The van der Waals surface area contributed by atoms with Crippen LogP contribution >= 0.6 is 11.6 Å². The van der Waals surface area contributed by atoms with Crippen LogP contribution in [0.15, 0.2) is 22.6 Å². The first-order valence-corrected chi connectivity index (χ1v) is 10.6. The van der Waals surface area contributed by atoms with Gasteiger partial charge < -0.3 is 19.2 Å². The number of halogens is 1. The molecule has 0 saturated carbocycles. The molecular formula is C23H26ClNO5. The fourth-order valence-corrected chi connectivity index (χ4v) is 4.33. The Morgan fingerprint density at radius 1 is 1.33 bits per heavy atom. The van der Waals surface area contributed by atoms with Crippen LogP contribution in [0.5, 0.6) is 5.75 Å². The Labute approximate surface area is 180 Å². The van der Waals surface area contributed by atoms with E-state index in [1.165, 1.54) is 0 Å². The Balaban J connectivity index is 1.56. The monoisotopic (exact) mass is 431 g/mol. The quantitative estimate of drug-likeness (QED) is 0.703. The van der Waals surface area contributed by atoms with Gasteiger partial charge in [-0.25, -0.2) is 0 Å². The third kappa shape index (κ3) is 4.25. The van der Waals surface area contributed by atoms with E-state index >= 15 is 0 Å². The lowest BCUT2D eigenvalue weighted by molar-refractivity contribution is 0.0681. The van der Waals surface area contributed by atoms with Gasteiger partial charge in [0, 0.05) is 30.0 Å². The molecule has 1 fully saturated rings. The zero-order valence-electron chi connectivity index (χ0n) is 17.5. The van der Waals surface area contributed by atoms with Gasteiger partial charge in [-0.1, -0.05) is 25.4 Å². The fourth-order valence-electron chi connectivity index (χ4n) is 4.16. The first kappa shape index (κ1) is 20.9. The van der Waals surface area contributed by atoms with Gasteiger partial charge in [-0.2, -0.15) is 0 Å². The molecule has 1 atom stereocenters. The van der Waals surface area contributed by atoms with Crippen molar-refractivity contribution in [3.63, 3.8) is 0 Å². The van der Waals surface area contributed by atoms with Crippen molar-refractivity contribution in [2.45, 2.75) is 52.6 Å². The van der Waals surface area contributed by atoms with E-state index in [0.29, 0.717) is 52.8 Å². The number of hydrogen-bond acceptors (Lipinski definition) is 5. The van der Waals surface area contributed by atoms with Gasteiger partial charge in [-0.3, -0.25) is 9.59 Å². The van der Waals surface area contributed by atoms with Gasteiger partial charge in [-0.05, 0) is 43.4 Å². The molecule has 0 spiro atoms. The van der Waals surface area contributed by atoms with E-state index in [-0.39, 0.29) is 23.1 Å². The maximum atomic E-state index is 13.0. The zero-order chi connectivity index (χ0) is 21.5. The highest BCUT2D eigenvalue weighted by Gasteiger charge is 2.37. The molecule has 2 aromatic rings. The van der Waals surface area contributed by atoms with Crippen molar-refractivity contribution in [2.75, 3.05) is 18.5 Å². The number of nitrogens with one attached hydrogen (secondary N) is 1. The summed E-state index contributed by atoms with van der Waals surface area (Å²) in [5.74, 6) is 0.826. The van der Waals surface area contributed by atoms with Gasteiger partial charge in [0.25, 0.3) is 5.91 Å². The summed E-state index contributed by atoms with van der Waals surface area (Å²) < 4.78 is 17.3. The van der Waals surface area contributed by atoms with E-state index in [1.807, 2.05) is 13.8 Å². The standard InChI is InChI=1S/C23H26ClNO5/c1-13-20-17(26)10-23(2,3)11-19(20)30-21(13)22(27)25-16-9-14(24)6-7-18(16)29-12-15-5-4-8-28-15/h6-7,9,15H,4-5,8,10-12H2,1-3H3,(H,25,27)/t15-/m1/s1. The maximum absolute atomic E-state index is 13.0. The van der Waals surface area contributed by atoms with Crippen LogP contribution in [0.3, 0.4) is 0 Å². The number of hydrogen-bond donors (Lipinski definition) is 1. The molecule has 160 valence electrons. The minimum Gasteiger partial charge on any atom is -0.489 e. The summed E-state index contributed by atoms with van der Waals surface area (Å²) >= 11 is 6.14. The van der Waals surface area contributed by atoms with Crippen LogP contribution in [0.1, 0.15) is 65.3 Å². The number of ketones is 1. The third-order valence-corrected chi connectivity index (χ3v) is 5.86. The smallest absolute Gasteiger partial charge is 0.291 e. The van der Waals surface area contributed by atoms with Crippen LogP contribution in [0.2, 0.25) is 5.02 Å². The molecule has 0 radical (unpaired) electrons. The van der Waals surface area contributed by atoms with Crippen LogP contribution < -0.4 is 10.1 Å². The van der Waals surface area contributed by atoms with Gasteiger partial charge in [-0.15, -0.1) is 0 Å². The normalized spacial score (nSPS) is 20.1. The number of carbonyl (C=O) groups is 2. The molecule has 30 heavy (non-hydrogen) atoms. The lowest BCUT2D eigenvalue weighted by Gasteiger charge is -2.27.